The maximum atomic E-state index is 11.4. The molecule has 1 fully saturated rings. The molecule has 4 nitrogen and oxygen atoms in total. The molecule has 1 aromatic rings. The van der Waals surface area contributed by atoms with Gasteiger partial charge < -0.3 is 10.1 Å². The summed E-state index contributed by atoms with van der Waals surface area (Å²) in [6.45, 7) is 1.38. The van der Waals surface area contributed by atoms with Crippen LogP contribution in [0.3, 0.4) is 0 Å². The third kappa shape index (κ3) is 4.30. The molecule has 5 heteroatoms. The molecule has 1 saturated heterocycles. The molecule has 0 aliphatic carbocycles. The Morgan fingerprint density at radius 1 is 1.21 bits per heavy atom. The molecule has 0 saturated carbocycles. The van der Waals surface area contributed by atoms with Crippen LogP contribution in [0, 0.1) is 0 Å². The van der Waals surface area contributed by atoms with Crippen LogP contribution in [0.4, 0.5) is 0 Å². The van der Waals surface area contributed by atoms with Crippen molar-refractivity contribution in [2.45, 2.75) is 32.0 Å². The molecule has 0 amide bonds. The summed E-state index contributed by atoms with van der Waals surface area (Å²) < 4.78 is 27.9. The Balaban J connectivity index is 1.89. The fourth-order valence-corrected chi connectivity index (χ4v) is 3.87. The quantitative estimate of drug-likeness (QED) is 0.890. The lowest BCUT2D eigenvalue weighted by Gasteiger charge is -2.23. The van der Waals surface area contributed by atoms with Gasteiger partial charge in [0.2, 0.25) is 0 Å². The molecular formula is C14H21NO3S. The van der Waals surface area contributed by atoms with Crippen molar-refractivity contribution in [1.82, 2.24) is 5.32 Å². The Kier molecular flexibility index (Phi) is 4.96. The van der Waals surface area contributed by atoms with Crippen molar-refractivity contribution in [2.24, 2.45) is 0 Å². The Labute approximate surface area is 115 Å². The Hall–Kier alpha value is -0.910. The van der Waals surface area contributed by atoms with Crippen LogP contribution in [0.1, 0.15) is 24.0 Å². The Morgan fingerprint density at radius 2 is 1.84 bits per heavy atom. The van der Waals surface area contributed by atoms with E-state index in [0.29, 0.717) is 24.2 Å². The standard InChI is InChI=1S/C14H21NO3S/c1-18-11-13-5-3-2-4-12(13)10-15-14-6-8-19(16,17)9-7-14/h2-5,14-15H,6-11H2,1H3. The van der Waals surface area contributed by atoms with Crippen LogP contribution >= 0.6 is 0 Å². The number of nitrogens with one attached hydrogen (secondary N) is 1. The van der Waals surface area contributed by atoms with Gasteiger partial charge in [0.05, 0.1) is 18.1 Å². The fourth-order valence-electron chi connectivity index (χ4n) is 2.37. The van der Waals surface area contributed by atoms with E-state index in [4.69, 9.17) is 4.74 Å². The molecule has 1 aromatic carbocycles. The van der Waals surface area contributed by atoms with Crippen LogP contribution in [-0.2, 0) is 27.7 Å². The average molecular weight is 283 g/mol. The maximum absolute atomic E-state index is 11.4. The van der Waals surface area contributed by atoms with Crippen LogP contribution in [0.25, 0.3) is 0 Å². The first-order valence-electron chi connectivity index (χ1n) is 6.60. The number of sulfone groups is 1. The van der Waals surface area contributed by atoms with Gasteiger partial charge >= 0.3 is 0 Å². The molecule has 1 aliphatic rings. The van der Waals surface area contributed by atoms with Gasteiger partial charge in [-0.15, -0.1) is 0 Å². The van der Waals surface area contributed by atoms with Crippen LogP contribution in [0.5, 0.6) is 0 Å². The fraction of sp³-hybridized carbons (Fsp3) is 0.571. The molecule has 0 aromatic heterocycles. The first-order chi connectivity index (χ1) is 9.11. The van der Waals surface area contributed by atoms with Gasteiger partial charge in [0.25, 0.3) is 0 Å². The summed E-state index contributed by atoms with van der Waals surface area (Å²) in [6.07, 6.45) is 1.43. The third-order valence-electron chi connectivity index (χ3n) is 3.55. The van der Waals surface area contributed by atoms with Gasteiger partial charge in [0.1, 0.15) is 9.84 Å². The minimum absolute atomic E-state index is 0.305. The van der Waals surface area contributed by atoms with E-state index in [1.807, 2.05) is 12.1 Å². The monoisotopic (exact) mass is 283 g/mol. The van der Waals surface area contributed by atoms with Gasteiger partial charge in [-0.3, -0.25) is 0 Å². The van der Waals surface area contributed by atoms with Crippen LogP contribution < -0.4 is 5.32 Å². The number of ether oxygens (including phenoxy) is 1. The summed E-state index contributed by atoms with van der Waals surface area (Å²) in [5.74, 6) is 0.620. The molecule has 1 N–H and O–H groups in total. The van der Waals surface area contributed by atoms with Crippen molar-refractivity contribution < 1.29 is 13.2 Å². The predicted molar refractivity (Wildman–Crippen MR) is 75.7 cm³/mol. The number of methoxy groups -OCH3 is 1. The number of rotatable bonds is 5. The largest absolute Gasteiger partial charge is 0.380 e. The first kappa shape index (κ1) is 14.5. The smallest absolute Gasteiger partial charge is 0.150 e. The van der Waals surface area contributed by atoms with E-state index in [1.54, 1.807) is 7.11 Å². The van der Waals surface area contributed by atoms with Crippen LogP contribution in [0.2, 0.25) is 0 Å². The molecule has 0 atom stereocenters. The van der Waals surface area contributed by atoms with Crippen molar-refractivity contribution in [3.8, 4) is 0 Å². The zero-order chi connectivity index (χ0) is 13.7. The molecule has 0 radical (unpaired) electrons. The van der Waals surface area contributed by atoms with Crippen molar-refractivity contribution in [3.05, 3.63) is 35.4 Å². The topological polar surface area (TPSA) is 55.4 Å². The van der Waals surface area contributed by atoms with Crippen molar-refractivity contribution in [1.29, 1.82) is 0 Å². The second-order valence-corrected chi connectivity index (χ2v) is 7.31. The van der Waals surface area contributed by atoms with Gasteiger partial charge in [0, 0.05) is 19.7 Å². The molecule has 19 heavy (non-hydrogen) atoms. The molecule has 0 bridgehead atoms. The number of hydrogen-bond acceptors (Lipinski definition) is 4. The highest BCUT2D eigenvalue weighted by Gasteiger charge is 2.23. The van der Waals surface area contributed by atoms with Gasteiger partial charge in [0.15, 0.2) is 0 Å². The van der Waals surface area contributed by atoms with Gasteiger partial charge in [-0.05, 0) is 24.0 Å². The van der Waals surface area contributed by atoms with E-state index in [9.17, 15) is 8.42 Å². The van der Waals surface area contributed by atoms with E-state index in [0.717, 1.165) is 19.4 Å². The summed E-state index contributed by atoms with van der Waals surface area (Å²) in [7, 11) is -1.08. The second-order valence-electron chi connectivity index (χ2n) is 5.01. The Bertz CT molecular complexity index is 499. The van der Waals surface area contributed by atoms with E-state index in [1.165, 1.54) is 11.1 Å². The zero-order valence-electron chi connectivity index (χ0n) is 11.3. The zero-order valence-corrected chi connectivity index (χ0v) is 12.1. The molecule has 0 unspecified atom stereocenters. The molecule has 1 aliphatic heterocycles. The van der Waals surface area contributed by atoms with Gasteiger partial charge in [-0.2, -0.15) is 0 Å². The van der Waals surface area contributed by atoms with E-state index >= 15 is 0 Å². The van der Waals surface area contributed by atoms with Gasteiger partial charge in [-0.1, -0.05) is 24.3 Å². The highest BCUT2D eigenvalue weighted by atomic mass is 32.2. The summed E-state index contributed by atoms with van der Waals surface area (Å²) in [5.41, 5.74) is 2.40. The lowest BCUT2D eigenvalue weighted by molar-refractivity contribution is 0.184. The molecule has 2 rings (SSSR count). The summed E-state index contributed by atoms with van der Waals surface area (Å²) >= 11 is 0. The number of hydrogen-bond donors (Lipinski definition) is 1. The highest BCUT2D eigenvalue weighted by molar-refractivity contribution is 7.91. The van der Waals surface area contributed by atoms with E-state index in [-0.39, 0.29) is 0 Å². The SMILES string of the molecule is COCc1ccccc1CNC1CCS(=O)(=O)CC1. The van der Waals surface area contributed by atoms with Crippen molar-refractivity contribution in [3.63, 3.8) is 0 Å². The molecule has 1 heterocycles. The van der Waals surface area contributed by atoms with Crippen molar-refractivity contribution >= 4 is 9.84 Å². The van der Waals surface area contributed by atoms with E-state index in [2.05, 4.69) is 17.4 Å². The van der Waals surface area contributed by atoms with Crippen molar-refractivity contribution in [2.75, 3.05) is 18.6 Å². The highest BCUT2D eigenvalue weighted by Crippen LogP contribution is 2.14. The van der Waals surface area contributed by atoms with Crippen LogP contribution in [-0.4, -0.2) is 33.1 Å². The molecule has 0 spiro atoms. The van der Waals surface area contributed by atoms with Crippen LogP contribution in [0.15, 0.2) is 24.3 Å². The summed E-state index contributed by atoms with van der Waals surface area (Å²) in [5, 5.41) is 3.45. The van der Waals surface area contributed by atoms with Gasteiger partial charge in [-0.25, -0.2) is 8.42 Å². The summed E-state index contributed by atoms with van der Waals surface area (Å²) in [6, 6.07) is 8.47. The molecule has 106 valence electrons. The maximum Gasteiger partial charge on any atom is 0.150 e. The third-order valence-corrected chi connectivity index (χ3v) is 5.27. The lowest BCUT2D eigenvalue weighted by Crippen LogP contribution is -2.37. The minimum atomic E-state index is -2.78. The average Bonchev–Trinajstić information content (AvgIpc) is 2.39. The normalized spacial score (nSPS) is 19.4. The first-order valence-corrected chi connectivity index (χ1v) is 8.42. The summed E-state index contributed by atoms with van der Waals surface area (Å²) in [4.78, 5) is 0. The Morgan fingerprint density at radius 3 is 2.47 bits per heavy atom. The second kappa shape index (κ2) is 6.50. The lowest BCUT2D eigenvalue weighted by atomic mass is 10.1. The molecular weight excluding hydrogens is 262 g/mol. The van der Waals surface area contributed by atoms with E-state index < -0.39 is 9.84 Å². The minimum Gasteiger partial charge on any atom is -0.380 e. The predicted octanol–water partition coefficient (Wildman–Crippen LogP) is 1.50. The number of benzene rings is 1.